The minimum Gasteiger partial charge on any atom is -0.506 e. The molecule has 0 saturated heterocycles. The highest BCUT2D eigenvalue weighted by Crippen LogP contribution is 2.33. The highest BCUT2D eigenvalue weighted by molar-refractivity contribution is 5.92. The van der Waals surface area contributed by atoms with Gasteiger partial charge >= 0.3 is 5.63 Å². The number of hydrogen-bond acceptors (Lipinski definition) is 3. The summed E-state index contributed by atoms with van der Waals surface area (Å²) in [6.07, 6.45) is 1.80. The van der Waals surface area contributed by atoms with E-state index in [9.17, 15) is 9.90 Å². The molecule has 2 aromatic carbocycles. The summed E-state index contributed by atoms with van der Waals surface area (Å²) in [5, 5.41) is 11.0. The van der Waals surface area contributed by atoms with Crippen molar-refractivity contribution in [2.75, 3.05) is 0 Å². The van der Waals surface area contributed by atoms with Crippen molar-refractivity contribution < 1.29 is 9.52 Å². The van der Waals surface area contributed by atoms with Gasteiger partial charge in [-0.05, 0) is 30.2 Å². The normalized spacial score (nSPS) is 11.8. The van der Waals surface area contributed by atoms with Crippen molar-refractivity contribution in [1.82, 2.24) is 0 Å². The first-order chi connectivity index (χ1) is 10.2. The maximum Gasteiger partial charge on any atom is 0.347 e. The van der Waals surface area contributed by atoms with Gasteiger partial charge in [0.15, 0.2) is 0 Å². The first-order valence-corrected chi connectivity index (χ1v) is 6.69. The molecule has 0 spiro atoms. The van der Waals surface area contributed by atoms with Gasteiger partial charge in [0.05, 0.1) is 5.39 Å². The number of rotatable bonds is 2. The number of benzene rings is 2. The van der Waals surface area contributed by atoms with E-state index in [-0.39, 0.29) is 11.3 Å². The van der Waals surface area contributed by atoms with E-state index in [1.807, 2.05) is 37.3 Å². The van der Waals surface area contributed by atoms with E-state index in [4.69, 9.17) is 4.42 Å². The van der Waals surface area contributed by atoms with Gasteiger partial charge in [-0.15, -0.1) is 0 Å². The van der Waals surface area contributed by atoms with Crippen molar-refractivity contribution in [1.29, 1.82) is 0 Å². The van der Waals surface area contributed by atoms with Gasteiger partial charge in [-0.3, -0.25) is 0 Å². The van der Waals surface area contributed by atoms with Crippen molar-refractivity contribution in [2.24, 2.45) is 0 Å². The van der Waals surface area contributed by atoms with E-state index in [1.54, 1.807) is 30.3 Å². The van der Waals surface area contributed by atoms with Gasteiger partial charge in [-0.2, -0.15) is 0 Å². The molecule has 0 fully saturated rings. The molecule has 0 aliphatic carbocycles. The molecule has 3 heteroatoms. The van der Waals surface area contributed by atoms with Gasteiger partial charge < -0.3 is 9.52 Å². The summed E-state index contributed by atoms with van der Waals surface area (Å²) >= 11 is 0. The summed E-state index contributed by atoms with van der Waals surface area (Å²) in [5.74, 6) is -0.0428. The summed E-state index contributed by atoms with van der Waals surface area (Å²) in [6, 6.07) is 16.4. The van der Waals surface area contributed by atoms with Crippen LogP contribution in [-0.2, 0) is 0 Å². The molecule has 0 radical (unpaired) electrons. The van der Waals surface area contributed by atoms with Crippen molar-refractivity contribution >= 4 is 16.5 Å². The smallest absolute Gasteiger partial charge is 0.347 e. The minimum atomic E-state index is -0.539. The first kappa shape index (κ1) is 13.2. The van der Waals surface area contributed by atoms with E-state index in [0.717, 1.165) is 5.56 Å². The van der Waals surface area contributed by atoms with Crippen molar-refractivity contribution in [3.8, 4) is 5.75 Å². The third-order valence-corrected chi connectivity index (χ3v) is 3.43. The van der Waals surface area contributed by atoms with Gasteiger partial charge in [-0.1, -0.05) is 48.5 Å². The fraction of sp³-hybridized carbons (Fsp3) is 0.0556. The molecule has 0 aliphatic rings. The Balaban J connectivity index is 2.32. The van der Waals surface area contributed by atoms with Gasteiger partial charge in [0.1, 0.15) is 16.9 Å². The first-order valence-electron chi connectivity index (χ1n) is 6.69. The molecule has 1 N–H and O–H groups in total. The van der Waals surface area contributed by atoms with Crippen molar-refractivity contribution in [3.63, 3.8) is 0 Å². The highest BCUT2D eigenvalue weighted by Gasteiger charge is 2.18. The summed E-state index contributed by atoms with van der Waals surface area (Å²) in [7, 11) is 0. The third-order valence-electron chi connectivity index (χ3n) is 3.43. The number of aromatic hydroxyl groups is 1. The quantitative estimate of drug-likeness (QED) is 0.722. The van der Waals surface area contributed by atoms with E-state index in [2.05, 4.69) is 0 Å². The Kier molecular flexibility index (Phi) is 3.32. The van der Waals surface area contributed by atoms with Crippen LogP contribution in [0.2, 0.25) is 0 Å². The zero-order chi connectivity index (χ0) is 14.8. The lowest BCUT2D eigenvalue weighted by Crippen LogP contribution is -2.08. The van der Waals surface area contributed by atoms with Crippen LogP contribution in [0.5, 0.6) is 5.75 Å². The molecule has 0 aliphatic heterocycles. The molecular weight excluding hydrogens is 264 g/mol. The molecule has 104 valence electrons. The zero-order valence-corrected chi connectivity index (χ0v) is 11.5. The Labute approximate surface area is 121 Å². The van der Waals surface area contributed by atoms with Crippen LogP contribution in [0.1, 0.15) is 18.1 Å². The Morgan fingerprint density at radius 1 is 1.05 bits per heavy atom. The zero-order valence-electron chi connectivity index (χ0n) is 11.5. The van der Waals surface area contributed by atoms with Crippen molar-refractivity contribution in [2.45, 2.75) is 6.92 Å². The van der Waals surface area contributed by atoms with Crippen LogP contribution in [0, 0.1) is 0 Å². The molecule has 0 atom stereocenters. The minimum absolute atomic E-state index is 0.0428. The number of para-hydroxylation sites is 1. The fourth-order valence-electron chi connectivity index (χ4n) is 2.44. The van der Waals surface area contributed by atoms with Gasteiger partial charge in [0.2, 0.25) is 0 Å². The van der Waals surface area contributed by atoms with Gasteiger partial charge in [-0.25, -0.2) is 4.79 Å². The van der Waals surface area contributed by atoms with Gasteiger partial charge in [0.25, 0.3) is 0 Å². The monoisotopic (exact) mass is 278 g/mol. The predicted molar refractivity (Wildman–Crippen MR) is 83.3 cm³/mol. The highest BCUT2D eigenvalue weighted by atomic mass is 16.4. The average molecular weight is 278 g/mol. The van der Waals surface area contributed by atoms with Crippen LogP contribution in [0.4, 0.5) is 0 Å². The lowest BCUT2D eigenvalue weighted by atomic mass is 9.97. The summed E-state index contributed by atoms with van der Waals surface area (Å²) < 4.78 is 5.32. The molecule has 3 nitrogen and oxygen atoms in total. The molecule has 0 amide bonds. The van der Waals surface area contributed by atoms with Crippen LogP contribution in [0.15, 0.2) is 69.9 Å². The second kappa shape index (κ2) is 5.29. The Bertz CT molecular complexity index is 874. The maximum absolute atomic E-state index is 12.3. The fourth-order valence-corrected chi connectivity index (χ4v) is 2.44. The topological polar surface area (TPSA) is 50.4 Å². The Hall–Kier alpha value is -2.81. The molecule has 0 bridgehead atoms. The largest absolute Gasteiger partial charge is 0.506 e. The number of allylic oxidation sites excluding steroid dienone is 1. The summed E-state index contributed by atoms with van der Waals surface area (Å²) in [5.41, 5.74) is 1.56. The standard InChI is InChI=1S/C18H14O3/c1-2-13(12-8-4-3-5-9-12)16-17(19)14-10-6-7-11-15(14)21-18(16)20/h2-11,19H,1H3/b13-2-. The molecular formula is C18H14O3. The molecule has 3 rings (SSSR count). The van der Waals surface area contributed by atoms with Crippen LogP contribution >= 0.6 is 0 Å². The molecule has 0 saturated carbocycles. The average Bonchev–Trinajstić information content (AvgIpc) is 2.52. The van der Waals surface area contributed by atoms with E-state index < -0.39 is 5.63 Å². The second-order valence-corrected chi connectivity index (χ2v) is 4.68. The maximum atomic E-state index is 12.3. The van der Waals surface area contributed by atoms with E-state index in [1.165, 1.54) is 0 Å². The second-order valence-electron chi connectivity index (χ2n) is 4.68. The lowest BCUT2D eigenvalue weighted by Gasteiger charge is -2.10. The number of hydrogen-bond donors (Lipinski definition) is 1. The summed E-state index contributed by atoms with van der Waals surface area (Å²) in [6.45, 7) is 1.83. The summed E-state index contributed by atoms with van der Waals surface area (Å²) in [4.78, 5) is 12.3. The lowest BCUT2D eigenvalue weighted by molar-refractivity contribution is 0.465. The molecule has 0 unspecified atom stereocenters. The molecule has 21 heavy (non-hydrogen) atoms. The van der Waals surface area contributed by atoms with Crippen molar-refractivity contribution in [3.05, 3.63) is 82.2 Å². The Morgan fingerprint density at radius 3 is 2.43 bits per heavy atom. The van der Waals surface area contributed by atoms with Crippen LogP contribution in [0.25, 0.3) is 16.5 Å². The van der Waals surface area contributed by atoms with Crippen LogP contribution in [0.3, 0.4) is 0 Å². The van der Waals surface area contributed by atoms with Crippen LogP contribution < -0.4 is 5.63 Å². The molecule has 1 aromatic heterocycles. The Morgan fingerprint density at radius 2 is 1.71 bits per heavy atom. The van der Waals surface area contributed by atoms with E-state index in [0.29, 0.717) is 16.5 Å². The van der Waals surface area contributed by atoms with Gasteiger partial charge in [0, 0.05) is 0 Å². The van der Waals surface area contributed by atoms with Crippen LogP contribution in [-0.4, -0.2) is 5.11 Å². The number of fused-ring (bicyclic) bond motifs is 1. The third kappa shape index (κ3) is 2.23. The molecule has 3 aromatic rings. The molecule has 1 heterocycles. The predicted octanol–water partition coefficient (Wildman–Crippen LogP) is 3.95. The van der Waals surface area contributed by atoms with E-state index >= 15 is 0 Å². The SMILES string of the molecule is C/C=C(/c1ccccc1)c1c(O)c2ccccc2oc1=O.